The van der Waals surface area contributed by atoms with Crippen LogP contribution in [0, 0.1) is 6.92 Å². The molecule has 3 aromatic rings. The van der Waals surface area contributed by atoms with Crippen molar-refractivity contribution >= 4 is 11.6 Å². The van der Waals surface area contributed by atoms with Crippen LogP contribution in [-0.4, -0.2) is 27.6 Å². The zero-order valence-corrected chi connectivity index (χ0v) is 13.1. The van der Waals surface area contributed by atoms with Crippen molar-refractivity contribution < 1.29 is 14.6 Å². The Hall–Kier alpha value is -2.82. The number of ether oxygens (including phenoxy) is 1. The molecule has 0 atom stereocenters. The summed E-state index contributed by atoms with van der Waals surface area (Å²) in [5.41, 5.74) is 3.92. The Balaban J connectivity index is 1.90. The molecule has 1 aromatic carbocycles. The molecule has 5 nitrogen and oxygen atoms in total. The Kier molecular flexibility index (Phi) is 4.02. The van der Waals surface area contributed by atoms with Gasteiger partial charge in [-0.25, -0.2) is 9.78 Å². The highest BCUT2D eigenvalue weighted by Crippen LogP contribution is 2.21. The van der Waals surface area contributed by atoms with Gasteiger partial charge in [-0.3, -0.25) is 4.40 Å². The van der Waals surface area contributed by atoms with Crippen LogP contribution in [0.2, 0.25) is 0 Å². The topological polar surface area (TPSA) is 63.8 Å². The zero-order valence-electron chi connectivity index (χ0n) is 13.1. The summed E-state index contributed by atoms with van der Waals surface area (Å²) in [7, 11) is 1.65. The average molecular weight is 310 g/mol. The van der Waals surface area contributed by atoms with Gasteiger partial charge in [-0.05, 0) is 48.6 Å². The van der Waals surface area contributed by atoms with Crippen molar-refractivity contribution in [1.82, 2.24) is 9.38 Å². The Morgan fingerprint density at radius 1 is 1.26 bits per heavy atom. The molecule has 0 saturated heterocycles. The first kappa shape index (κ1) is 15.1. The molecule has 1 N–H and O–H groups in total. The van der Waals surface area contributed by atoms with Gasteiger partial charge in [-0.2, -0.15) is 0 Å². The maximum Gasteiger partial charge on any atom is 0.353 e. The lowest BCUT2D eigenvalue weighted by molar-refractivity contribution is 0.0687. The molecular weight excluding hydrogens is 292 g/mol. The highest BCUT2D eigenvalue weighted by molar-refractivity contribution is 5.88. The van der Waals surface area contributed by atoms with Crippen molar-refractivity contribution in [3.8, 4) is 5.75 Å². The van der Waals surface area contributed by atoms with Gasteiger partial charge in [-0.1, -0.05) is 18.2 Å². The van der Waals surface area contributed by atoms with Gasteiger partial charge < -0.3 is 9.84 Å². The molecule has 5 heteroatoms. The largest absolute Gasteiger partial charge is 0.496 e. The number of aromatic carboxylic acids is 1. The van der Waals surface area contributed by atoms with Gasteiger partial charge in [0.1, 0.15) is 17.1 Å². The van der Waals surface area contributed by atoms with Crippen molar-refractivity contribution in [3.63, 3.8) is 0 Å². The number of carboxylic acid groups (broad SMARTS) is 1. The molecule has 2 heterocycles. The number of aromatic nitrogens is 2. The SMILES string of the molecule is COc1cc(CCc2ccc3nccn3c2C(=O)O)ccc1C. The Morgan fingerprint density at radius 2 is 2.09 bits per heavy atom. The summed E-state index contributed by atoms with van der Waals surface area (Å²) in [4.78, 5) is 15.8. The van der Waals surface area contributed by atoms with E-state index in [0.29, 0.717) is 12.1 Å². The van der Waals surface area contributed by atoms with Gasteiger partial charge in [0.05, 0.1) is 7.11 Å². The van der Waals surface area contributed by atoms with E-state index in [2.05, 4.69) is 4.98 Å². The summed E-state index contributed by atoms with van der Waals surface area (Å²) < 4.78 is 6.96. The molecule has 3 rings (SSSR count). The van der Waals surface area contributed by atoms with Crippen molar-refractivity contribution in [2.75, 3.05) is 7.11 Å². The van der Waals surface area contributed by atoms with Gasteiger partial charge >= 0.3 is 5.97 Å². The number of carbonyl (C=O) groups is 1. The monoisotopic (exact) mass is 310 g/mol. The van der Waals surface area contributed by atoms with Crippen LogP contribution in [-0.2, 0) is 12.8 Å². The second kappa shape index (κ2) is 6.12. The van der Waals surface area contributed by atoms with E-state index in [1.165, 1.54) is 0 Å². The Labute approximate surface area is 134 Å². The quantitative estimate of drug-likeness (QED) is 0.786. The van der Waals surface area contributed by atoms with Crippen LogP contribution in [0.25, 0.3) is 5.65 Å². The molecule has 2 aromatic heterocycles. The molecule has 0 spiro atoms. The van der Waals surface area contributed by atoms with E-state index >= 15 is 0 Å². The van der Waals surface area contributed by atoms with Crippen LogP contribution in [0.1, 0.15) is 27.2 Å². The number of nitrogens with zero attached hydrogens (tertiary/aromatic N) is 2. The first-order chi connectivity index (χ1) is 11.1. The molecule has 0 amide bonds. The number of imidazole rings is 1. The van der Waals surface area contributed by atoms with Gasteiger partial charge in [-0.15, -0.1) is 0 Å². The smallest absolute Gasteiger partial charge is 0.353 e. The molecule has 0 unspecified atom stereocenters. The maximum atomic E-state index is 11.6. The van der Waals surface area contributed by atoms with Crippen LogP contribution in [0.3, 0.4) is 0 Å². The van der Waals surface area contributed by atoms with E-state index < -0.39 is 5.97 Å². The van der Waals surface area contributed by atoms with E-state index in [1.807, 2.05) is 37.3 Å². The van der Waals surface area contributed by atoms with Crippen molar-refractivity contribution in [3.05, 3.63) is 65.1 Å². The fourth-order valence-electron chi connectivity index (χ4n) is 2.78. The highest BCUT2D eigenvalue weighted by Gasteiger charge is 2.15. The van der Waals surface area contributed by atoms with Gasteiger partial charge in [0, 0.05) is 12.4 Å². The summed E-state index contributed by atoms with van der Waals surface area (Å²) in [6.45, 7) is 2.00. The predicted octanol–water partition coefficient (Wildman–Crippen LogP) is 3.13. The lowest BCUT2D eigenvalue weighted by Gasteiger charge is -2.10. The Morgan fingerprint density at radius 3 is 2.83 bits per heavy atom. The summed E-state index contributed by atoms with van der Waals surface area (Å²) in [6.07, 6.45) is 4.67. The summed E-state index contributed by atoms with van der Waals surface area (Å²) in [5, 5.41) is 9.53. The normalized spacial score (nSPS) is 10.9. The minimum atomic E-state index is -0.940. The van der Waals surface area contributed by atoms with E-state index in [0.717, 1.165) is 28.9 Å². The number of carboxylic acids is 1. The minimum Gasteiger partial charge on any atom is -0.496 e. The third-order valence-electron chi connectivity index (χ3n) is 4.01. The summed E-state index contributed by atoms with van der Waals surface area (Å²) in [6, 6.07) is 9.76. The molecule has 23 heavy (non-hydrogen) atoms. The summed E-state index contributed by atoms with van der Waals surface area (Å²) >= 11 is 0. The average Bonchev–Trinajstić information content (AvgIpc) is 3.01. The molecule has 0 saturated carbocycles. The van der Waals surface area contributed by atoms with Crippen LogP contribution in [0.15, 0.2) is 42.7 Å². The molecule has 0 fully saturated rings. The van der Waals surface area contributed by atoms with E-state index in [4.69, 9.17) is 4.74 Å². The van der Waals surface area contributed by atoms with Gasteiger partial charge in [0.25, 0.3) is 0 Å². The molecule has 0 bridgehead atoms. The second-order valence-corrected chi connectivity index (χ2v) is 5.47. The van der Waals surface area contributed by atoms with Gasteiger partial charge in [0.15, 0.2) is 0 Å². The second-order valence-electron chi connectivity index (χ2n) is 5.47. The fourth-order valence-corrected chi connectivity index (χ4v) is 2.78. The number of methoxy groups -OCH3 is 1. The molecule has 0 aliphatic heterocycles. The number of benzene rings is 1. The standard InChI is InChI=1S/C18H18N2O3/c1-12-3-4-13(11-15(12)23-2)5-6-14-7-8-16-19-9-10-20(16)17(14)18(21)22/h3-4,7-11H,5-6H2,1-2H3,(H,21,22). The van der Waals surface area contributed by atoms with Crippen LogP contribution < -0.4 is 4.74 Å². The van der Waals surface area contributed by atoms with Crippen molar-refractivity contribution in [2.24, 2.45) is 0 Å². The number of aryl methyl sites for hydroxylation is 3. The lowest BCUT2D eigenvalue weighted by atomic mass is 10.0. The maximum absolute atomic E-state index is 11.6. The van der Waals surface area contributed by atoms with Crippen molar-refractivity contribution in [2.45, 2.75) is 19.8 Å². The fraction of sp³-hybridized carbons (Fsp3) is 0.222. The highest BCUT2D eigenvalue weighted by atomic mass is 16.5. The predicted molar refractivity (Wildman–Crippen MR) is 87.3 cm³/mol. The third kappa shape index (κ3) is 2.90. The number of hydrogen-bond acceptors (Lipinski definition) is 3. The van der Waals surface area contributed by atoms with Gasteiger partial charge in [0.2, 0.25) is 0 Å². The van der Waals surface area contributed by atoms with E-state index in [9.17, 15) is 9.90 Å². The zero-order chi connectivity index (χ0) is 16.4. The van der Waals surface area contributed by atoms with Crippen LogP contribution >= 0.6 is 0 Å². The lowest BCUT2D eigenvalue weighted by Crippen LogP contribution is -2.10. The van der Waals surface area contributed by atoms with Crippen LogP contribution in [0.4, 0.5) is 0 Å². The molecule has 0 radical (unpaired) electrons. The van der Waals surface area contributed by atoms with E-state index in [-0.39, 0.29) is 5.69 Å². The number of pyridine rings is 1. The first-order valence-corrected chi connectivity index (χ1v) is 7.42. The van der Waals surface area contributed by atoms with E-state index in [1.54, 1.807) is 23.9 Å². The van der Waals surface area contributed by atoms with Crippen LogP contribution in [0.5, 0.6) is 5.75 Å². The third-order valence-corrected chi connectivity index (χ3v) is 4.01. The molecule has 0 aliphatic carbocycles. The molecule has 0 aliphatic rings. The number of rotatable bonds is 5. The number of hydrogen-bond donors (Lipinski definition) is 1. The number of fused-ring (bicyclic) bond motifs is 1. The van der Waals surface area contributed by atoms with Crippen molar-refractivity contribution in [1.29, 1.82) is 0 Å². The summed E-state index contributed by atoms with van der Waals surface area (Å²) in [5.74, 6) is -0.0869. The molecular formula is C18H18N2O3. The molecule has 118 valence electrons. The first-order valence-electron chi connectivity index (χ1n) is 7.42. The minimum absolute atomic E-state index is 0.277. The Bertz CT molecular complexity index is 868.